The number of halogens is 5. The summed E-state index contributed by atoms with van der Waals surface area (Å²) in [5, 5.41) is 2.94. The van der Waals surface area contributed by atoms with Crippen LogP contribution in [0.4, 0.5) is 0 Å². The minimum atomic E-state index is -0.772. The lowest BCUT2D eigenvalue weighted by Crippen LogP contribution is -2.51. The van der Waals surface area contributed by atoms with Crippen molar-refractivity contribution < 1.29 is 14.3 Å². The van der Waals surface area contributed by atoms with Gasteiger partial charge in [-0.15, -0.1) is 63.4 Å². The van der Waals surface area contributed by atoms with E-state index in [0.717, 1.165) is 0 Å². The van der Waals surface area contributed by atoms with E-state index in [1.165, 1.54) is 12.0 Å². The Morgan fingerprint density at radius 2 is 1.48 bits per heavy atom. The van der Waals surface area contributed by atoms with Crippen LogP contribution in [0, 0.1) is 11.8 Å². The Bertz CT molecular complexity index is 416. The van der Waals surface area contributed by atoms with Crippen molar-refractivity contribution in [2.24, 2.45) is 11.8 Å². The number of alkyl halides is 4. The topological polar surface area (TPSA) is 58.6 Å². The van der Waals surface area contributed by atoms with E-state index in [0.29, 0.717) is 12.8 Å². The van der Waals surface area contributed by atoms with Crippen LogP contribution in [0.5, 0.6) is 0 Å². The van der Waals surface area contributed by atoms with Crippen LogP contribution < -0.4 is 5.32 Å². The predicted octanol–water partition coefficient (Wildman–Crippen LogP) is 3.81. The van der Waals surface area contributed by atoms with Crippen LogP contribution in [0.2, 0.25) is 0 Å². The number of nitrogens with zero attached hydrogens (tertiary/aromatic N) is 1. The van der Waals surface area contributed by atoms with Gasteiger partial charge in [-0.1, -0.05) is 13.8 Å². The van der Waals surface area contributed by atoms with Gasteiger partial charge in [0.15, 0.2) is 0 Å². The van der Waals surface area contributed by atoms with Crippen molar-refractivity contribution in [1.82, 2.24) is 10.2 Å². The van der Waals surface area contributed by atoms with E-state index in [4.69, 9.17) is 51.1 Å². The molecule has 0 saturated carbocycles. The molecule has 4 atom stereocenters. The summed E-state index contributed by atoms with van der Waals surface area (Å²) in [6, 6.07) is -1.29. The van der Waals surface area contributed by atoms with E-state index in [9.17, 15) is 9.59 Å². The molecule has 0 aromatic heterocycles. The van der Waals surface area contributed by atoms with Crippen LogP contribution in [0.15, 0.2) is 0 Å². The molecule has 25 heavy (non-hydrogen) atoms. The summed E-state index contributed by atoms with van der Waals surface area (Å²) in [4.78, 5) is 25.0. The van der Waals surface area contributed by atoms with Gasteiger partial charge in [-0.2, -0.15) is 0 Å². The summed E-state index contributed by atoms with van der Waals surface area (Å²) in [5.74, 6) is -1.04. The summed E-state index contributed by atoms with van der Waals surface area (Å²) < 4.78 is 4.82. The van der Waals surface area contributed by atoms with Gasteiger partial charge < -0.3 is 15.0 Å². The minimum Gasteiger partial charge on any atom is -0.467 e. The summed E-state index contributed by atoms with van der Waals surface area (Å²) in [6.07, 6.45) is 0.737. The van der Waals surface area contributed by atoms with Gasteiger partial charge >= 0.3 is 5.97 Å². The summed E-state index contributed by atoms with van der Waals surface area (Å²) in [6.45, 7) is 3.66. The molecule has 0 aliphatic heterocycles. The molecule has 0 rings (SSSR count). The molecule has 0 aromatic rings. The largest absolute Gasteiger partial charge is 0.467 e. The molecule has 0 heterocycles. The zero-order valence-corrected chi connectivity index (χ0v) is 19.7. The fourth-order valence-corrected chi connectivity index (χ4v) is 2.63. The van der Waals surface area contributed by atoms with E-state index < -0.39 is 27.7 Å². The first-order valence-electron chi connectivity index (χ1n) is 7.64. The number of amides is 1. The fourth-order valence-electron chi connectivity index (χ4n) is 2.22. The maximum atomic E-state index is 12.7. The summed E-state index contributed by atoms with van der Waals surface area (Å²) in [7, 11) is 4.51. The zero-order valence-electron chi connectivity index (χ0n) is 15.0. The molecule has 0 radical (unpaired) electrons. The molecule has 0 bridgehead atoms. The van der Waals surface area contributed by atoms with Crippen molar-refractivity contribution >= 4 is 75.3 Å². The number of carbonyl (C=O) groups excluding carboxylic acids is 2. The number of rotatable bonds is 10. The monoisotopic (exact) mass is 502 g/mol. The summed E-state index contributed by atoms with van der Waals surface area (Å²) in [5.41, 5.74) is 0. The molecule has 1 N–H and O–H groups in total. The number of esters is 1. The van der Waals surface area contributed by atoms with Crippen LogP contribution in [0.25, 0.3) is 0 Å². The second-order valence-electron chi connectivity index (χ2n) is 5.92. The average molecular weight is 505 g/mol. The van der Waals surface area contributed by atoms with Gasteiger partial charge in [0.1, 0.15) is 15.7 Å². The molecular weight excluding hydrogens is 478 g/mol. The predicted molar refractivity (Wildman–Crippen MR) is 110 cm³/mol. The fraction of sp³-hybridized carbons (Fsp3) is 0.867. The molecule has 150 valence electrons. The van der Waals surface area contributed by atoms with E-state index >= 15 is 0 Å². The van der Waals surface area contributed by atoms with Gasteiger partial charge in [-0.05, 0) is 31.7 Å². The van der Waals surface area contributed by atoms with Gasteiger partial charge in [-0.25, -0.2) is 4.79 Å². The maximum Gasteiger partial charge on any atom is 0.328 e. The van der Waals surface area contributed by atoms with E-state index in [1.807, 2.05) is 13.8 Å². The minimum absolute atomic E-state index is 0. The first-order chi connectivity index (χ1) is 11.1. The molecule has 0 unspecified atom stereocenters. The Morgan fingerprint density at radius 1 is 1.04 bits per heavy atom. The van der Waals surface area contributed by atoms with Gasteiger partial charge in [0.25, 0.3) is 0 Å². The standard InChI is InChI=1S/C15H26Cl4N2O3.BrH/c1-8(12(16)17)6-10(20-3)14(22)21(4)11(15(23)24-5)7-9(2)13(18)19;/h8-13,20H,6-7H2,1-5H3;1H/t8-,9-,10-,11-;/m0./s1. The van der Waals surface area contributed by atoms with E-state index in [1.54, 1.807) is 14.1 Å². The van der Waals surface area contributed by atoms with Gasteiger partial charge in [-0.3, -0.25) is 4.79 Å². The number of nitrogens with one attached hydrogen (secondary N) is 1. The highest BCUT2D eigenvalue weighted by atomic mass is 79.9. The quantitative estimate of drug-likeness (QED) is 0.363. The lowest BCUT2D eigenvalue weighted by molar-refractivity contribution is -0.153. The zero-order chi connectivity index (χ0) is 19.0. The average Bonchev–Trinajstić information content (AvgIpc) is 2.54. The SMILES string of the molecule is Br.CN[C@@H](C[C@H](C)C(Cl)Cl)C(=O)N(C)[C@@H](C[C@H](C)C(Cl)Cl)C(=O)OC. The highest BCUT2D eigenvalue weighted by molar-refractivity contribution is 8.93. The van der Waals surface area contributed by atoms with Gasteiger partial charge in [0, 0.05) is 7.05 Å². The van der Waals surface area contributed by atoms with Crippen molar-refractivity contribution in [1.29, 1.82) is 0 Å². The number of hydrogen-bond donors (Lipinski definition) is 1. The third kappa shape index (κ3) is 9.34. The third-order valence-corrected chi connectivity index (χ3v) is 5.72. The Morgan fingerprint density at radius 3 is 1.84 bits per heavy atom. The maximum absolute atomic E-state index is 12.7. The lowest BCUT2D eigenvalue weighted by Gasteiger charge is -2.32. The number of carbonyl (C=O) groups is 2. The Labute approximate surface area is 180 Å². The number of ether oxygens (including phenoxy) is 1. The van der Waals surface area contributed by atoms with Crippen molar-refractivity contribution in [2.75, 3.05) is 21.2 Å². The molecule has 0 saturated heterocycles. The number of hydrogen-bond acceptors (Lipinski definition) is 4. The smallest absolute Gasteiger partial charge is 0.328 e. The number of likely N-dealkylation sites (N-methyl/N-ethyl adjacent to an activating group) is 2. The lowest BCUT2D eigenvalue weighted by atomic mass is 9.99. The molecule has 0 aliphatic rings. The number of methoxy groups -OCH3 is 1. The second kappa shape index (κ2) is 13.7. The second-order valence-corrected chi connectivity index (χ2v) is 8.25. The van der Waals surface area contributed by atoms with E-state index in [-0.39, 0.29) is 34.7 Å². The Hall–Kier alpha value is 0.540. The van der Waals surface area contributed by atoms with Crippen LogP contribution in [-0.2, 0) is 14.3 Å². The van der Waals surface area contributed by atoms with Crippen LogP contribution in [-0.4, -0.2) is 59.7 Å². The molecule has 0 spiro atoms. The summed E-state index contributed by atoms with van der Waals surface area (Å²) >= 11 is 23.5. The van der Waals surface area contributed by atoms with Gasteiger partial charge in [0.05, 0.1) is 13.2 Å². The van der Waals surface area contributed by atoms with Crippen molar-refractivity contribution in [3.05, 3.63) is 0 Å². The van der Waals surface area contributed by atoms with Crippen molar-refractivity contribution in [3.8, 4) is 0 Å². The third-order valence-electron chi connectivity index (χ3n) is 4.00. The first-order valence-corrected chi connectivity index (χ1v) is 9.39. The van der Waals surface area contributed by atoms with E-state index in [2.05, 4.69) is 5.32 Å². The van der Waals surface area contributed by atoms with Crippen molar-refractivity contribution in [3.63, 3.8) is 0 Å². The van der Waals surface area contributed by atoms with Gasteiger partial charge in [0.2, 0.25) is 5.91 Å². The molecular formula is C15H27BrCl4N2O3. The highest BCUT2D eigenvalue weighted by Gasteiger charge is 2.34. The Balaban J connectivity index is 0. The molecule has 0 aliphatic carbocycles. The molecule has 0 aromatic carbocycles. The molecule has 1 amide bonds. The molecule has 5 nitrogen and oxygen atoms in total. The van der Waals surface area contributed by atoms with Crippen LogP contribution in [0.1, 0.15) is 26.7 Å². The van der Waals surface area contributed by atoms with Crippen LogP contribution in [0.3, 0.4) is 0 Å². The molecule has 0 fully saturated rings. The molecule has 10 heteroatoms. The van der Waals surface area contributed by atoms with Crippen molar-refractivity contribution in [2.45, 2.75) is 48.4 Å². The highest BCUT2D eigenvalue weighted by Crippen LogP contribution is 2.24. The van der Waals surface area contributed by atoms with Crippen LogP contribution >= 0.6 is 63.4 Å². The normalized spacial score (nSPS) is 16.0. The first kappa shape index (κ1) is 27.8. The Kier molecular flexibility index (Phi) is 15.2.